The van der Waals surface area contributed by atoms with Crippen molar-refractivity contribution in [1.82, 2.24) is 15.5 Å². The number of benzene rings is 2. The summed E-state index contributed by atoms with van der Waals surface area (Å²) >= 11 is 0. The number of primary amides is 1. The van der Waals surface area contributed by atoms with E-state index < -0.39 is 17.5 Å². The molecule has 1 aromatic heterocycles. The third kappa shape index (κ3) is 6.66. The van der Waals surface area contributed by atoms with Gasteiger partial charge in [0.15, 0.2) is 29.0 Å². The van der Waals surface area contributed by atoms with Gasteiger partial charge in [-0.1, -0.05) is 6.07 Å². The molecule has 40 heavy (non-hydrogen) atoms. The van der Waals surface area contributed by atoms with E-state index in [9.17, 15) is 18.7 Å². The largest absolute Gasteiger partial charge is 0.493 e. The van der Waals surface area contributed by atoms with Crippen molar-refractivity contribution in [2.45, 2.75) is 32.2 Å². The van der Waals surface area contributed by atoms with Gasteiger partial charge in [-0.2, -0.15) is 5.10 Å². The summed E-state index contributed by atoms with van der Waals surface area (Å²) in [6.07, 6.45) is 0.628. The molecule has 0 fully saturated rings. The summed E-state index contributed by atoms with van der Waals surface area (Å²) in [7, 11) is 1.50. The van der Waals surface area contributed by atoms with Gasteiger partial charge in [0.25, 0.3) is 0 Å². The predicted octanol–water partition coefficient (Wildman–Crippen LogP) is 2.82. The molecule has 13 heteroatoms. The van der Waals surface area contributed by atoms with Crippen LogP contribution in [0.25, 0.3) is 0 Å². The zero-order valence-electron chi connectivity index (χ0n) is 22.6. The molecule has 0 spiro atoms. The Kier molecular flexibility index (Phi) is 8.85. The van der Waals surface area contributed by atoms with Gasteiger partial charge in [0, 0.05) is 28.9 Å². The summed E-state index contributed by atoms with van der Waals surface area (Å²) in [6.45, 7) is 4.93. The zero-order chi connectivity index (χ0) is 28.9. The molecular formula is C27H33F2N7O4. The van der Waals surface area contributed by atoms with E-state index in [1.165, 1.54) is 24.1 Å². The molecule has 6 N–H and O–H groups in total. The molecular weight excluding hydrogens is 524 g/mol. The number of aromatic amines is 1. The number of anilines is 2. The smallest absolute Gasteiger partial charge is 0.223 e. The molecule has 0 bridgehead atoms. The van der Waals surface area contributed by atoms with Crippen LogP contribution in [0.3, 0.4) is 0 Å². The maximum absolute atomic E-state index is 14.9. The van der Waals surface area contributed by atoms with Crippen molar-refractivity contribution >= 4 is 28.9 Å². The van der Waals surface area contributed by atoms with E-state index in [2.05, 4.69) is 25.8 Å². The monoisotopic (exact) mass is 557 g/mol. The topological polar surface area (TPSA) is 150 Å². The quantitative estimate of drug-likeness (QED) is 0.213. The Labute approximate surface area is 230 Å². The number of amidine groups is 1. The number of ether oxygens (including phenoxy) is 2. The minimum Gasteiger partial charge on any atom is -0.493 e. The summed E-state index contributed by atoms with van der Waals surface area (Å²) in [5.74, 6) is -1.16. The van der Waals surface area contributed by atoms with Gasteiger partial charge >= 0.3 is 0 Å². The van der Waals surface area contributed by atoms with E-state index >= 15 is 0 Å². The number of halogens is 2. The first-order valence-electron chi connectivity index (χ1n) is 12.7. The molecule has 0 radical (unpaired) electrons. The van der Waals surface area contributed by atoms with Gasteiger partial charge in [0.1, 0.15) is 5.84 Å². The highest BCUT2D eigenvalue weighted by Crippen LogP contribution is 2.38. The number of amides is 1. The molecule has 4 rings (SSSR count). The maximum atomic E-state index is 14.9. The lowest BCUT2D eigenvalue weighted by molar-refractivity contribution is -0.117. The van der Waals surface area contributed by atoms with Gasteiger partial charge in [-0.25, -0.2) is 13.8 Å². The lowest BCUT2D eigenvalue weighted by Gasteiger charge is -2.33. The van der Waals surface area contributed by atoms with Crippen LogP contribution >= 0.6 is 0 Å². The number of methoxy groups -OCH3 is 1. The summed E-state index contributed by atoms with van der Waals surface area (Å²) < 4.78 is 40.6. The number of H-pyrrole nitrogens is 1. The summed E-state index contributed by atoms with van der Waals surface area (Å²) in [5.41, 5.74) is 6.50. The SMILES string of the molecule is COc1cc2c(cc1OCCCNC(C)(C)CO)NCN(c1cccc(F)c1F)C2=Nc1cc(CC(N)=O)[nH]n1. The third-order valence-corrected chi connectivity index (χ3v) is 6.23. The number of nitrogens with two attached hydrogens (primary N) is 1. The van der Waals surface area contributed by atoms with E-state index in [0.29, 0.717) is 48.0 Å². The Morgan fingerprint density at radius 3 is 2.80 bits per heavy atom. The van der Waals surface area contributed by atoms with Crippen LogP contribution in [0.4, 0.5) is 26.0 Å². The molecule has 0 saturated carbocycles. The molecule has 2 aromatic carbocycles. The van der Waals surface area contributed by atoms with Gasteiger partial charge in [-0.05, 0) is 45.0 Å². The van der Waals surface area contributed by atoms with Crippen LogP contribution in [0.15, 0.2) is 41.4 Å². The molecule has 11 nitrogen and oxygen atoms in total. The Balaban J connectivity index is 1.67. The fourth-order valence-corrected chi connectivity index (χ4v) is 4.10. The van der Waals surface area contributed by atoms with Gasteiger partial charge in [-0.3, -0.25) is 9.89 Å². The standard InChI is InChI=1S/C27H33F2N7O4/c1-27(2,14-37)32-8-5-9-40-22-13-19-17(12-21(22)39-3)26(33-24-11-16(34-35-24)10-23(30)38)36(15-31-19)20-7-4-6-18(28)25(20)29/h4,6-7,11-13,31-32,37H,5,8-10,14-15H2,1-3H3,(H2,30,38)(H,34,35). The van der Waals surface area contributed by atoms with Crippen molar-refractivity contribution in [3.05, 3.63) is 59.3 Å². The highest BCUT2D eigenvalue weighted by Gasteiger charge is 2.29. The van der Waals surface area contributed by atoms with Crippen LogP contribution in [0.1, 0.15) is 31.5 Å². The average Bonchev–Trinajstić information content (AvgIpc) is 3.36. The van der Waals surface area contributed by atoms with E-state index in [0.717, 1.165) is 6.07 Å². The predicted molar refractivity (Wildman–Crippen MR) is 147 cm³/mol. The van der Waals surface area contributed by atoms with Crippen LogP contribution in [-0.4, -0.2) is 66.1 Å². The van der Waals surface area contributed by atoms with Gasteiger partial charge in [0.2, 0.25) is 5.91 Å². The van der Waals surface area contributed by atoms with Gasteiger partial charge in [-0.15, -0.1) is 0 Å². The Bertz CT molecular complexity index is 1390. The molecule has 2 heterocycles. The van der Waals surface area contributed by atoms with Crippen molar-refractivity contribution in [2.24, 2.45) is 10.7 Å². The number of aliphatic hydroxyl groups excluding tert-OH is 1. The number of rotatable bonds is 12. The maximum Gasteiger partial charge on any atom is 0.223 e. The summed E-state index contributed by atoms with van der Waals surface area (Å²) in [5, 5.41) is 22.7. The fraction of sp³-hybridized carbons (Fsp3) is 0.370. The number of hydrogen-bond acceptors (Lipinski definition) is 8. The molecule has 1 aliphatic heterocycles. The first-order valence-corrected chi connectivity index (χ1v) is 12.7. The van der Waals surface area contributed by atoms with Crippen molar-refractivity contribution in [1.29, 1.82) is 0 Å². The highest BCUT2D eigenvalue weighted by atomic mass is 19.2. The summed E-state index contributed by atoms with van der Waals surface area (Å²) in [6, 6.07) is 8.91. The number of carbonyl (C=O) groups excluding carboxylic acids is 1. The van der Waals surface area contributed by atoms with E-state index in [4.69, 9.17) is 15.2 Å². The number of carbonyl (C=O) groups is 1. The number of nitrogens with zero attached hydrogens (tertiary/aromatic N) is 3. The number of fused-ring (bicyclic) bond motifs is 1. The van der Waals surface area contributed by atoms with Crippen LogP contribution in [-0.2, 0) is 11.2 Å². The number of aliphatic hydroxyl groups is 1. The molecule has 0 atom stereocenters. The van der Waals surface area contributed by atoms with Crippen molar-refractivity contribution in [3.8, 4) is 11.5 Å². The Morgan fingerprint density at radius 2 is 2.08 bits per heavy atom. The van der Waals surface area contributed by atoms with Crippen molar-refractivity contribution in [2.75, 3.05) is 43.8 Å². The first-order chi connectivity index (χ1) is 19.1. The second-order valence-corrected chi connectivity index (χ2v) is 9.89. The normalized spacial score (nSPS) is 14.2. The molecule has 1 amide bonds. The van der Waals surface area contributed by atoms with Crippen molar-refractivity contribution in [3.63, 3.8) is 0 Å². The number of aliphatic imine (C=N–C) groups is 1. The molecule has 0 unspecified atom stereocenters. The number of aromatic nitrogens is 2. The van der Waals surface area contributed by atoms with E-state index in [1.54, 1.807) is 18.2 Å². The van der Waals surface area contributed by atoms with Crippen LogP contribution in [0, 0.1) is 11.6 Å². The van der Waals surface area contributed by atoms with E-state index in [-0.39, 0.29) is 42.6 Å². The van der Waals surface area contributed by atoms with Gasteiger partial charge in [0.05, 0.1) is 44.8 Å². The Morgan fingerprint density at radius 1 is 1.27 bits per heavy atom. The fourth-order valence-electron chi connectivity index (χ4n) is 4.10. The number of nitrogens with one attached hydrogen (secondary N) is 3. The minimum absolute atomic E-state index is 0.0172. The van der Waals surface area contributed by atoms with E-state index in [1.807, 2.05) is 13.8 Å². The van der Waals surface area contributed by atoms with Crippen LogP contribution < -0.4 is 30.7 Å². The lowest BCUT2D eigenvalue weighted by atomic mass is 10.1. The molecule has 0 saturated heterocycles. The molecule has 214 valence electrons. The van der Waals surface area contributed by atoms with Crippen molar-refractivity contribution < 1.29 is 28.2 Å². The van der Waals surface area contributed by atoms with Gasteiger partial charge < -0.3 is 35.8 Å². The summed E-state index contributed by atoms with van der Waals surface area (Å²) in [4.78, 5) is 17.4. The number of hydrogen-bond donors (Lipinski definition) is 5. The molecule has 1 aliphatic rings. The second kappa shape index (κ2) is 12.3. The highest BCUT2D eigenvalue weighted by molar-refractivity contribution is 6.16. The third-order valence-electron chi connectivity index (χ3n) is 6.23. The minimum atomic E-state index is -1.03. The first kappa shape index (κ1) is 28.8. The molecule has 0 aliphatic carbocycles. The van der Waals surface area contributed by atoms with Crippen LogP contribution in [0.2, 0.25) is 0 Å². The van der Waals surface area contributed by atoms with Crippen LogP contribution in [0.5, 0.6) is 11.5 Å². The zero-order valence-corrected chi connectivity index (χ0v) is 22.6. The second-order valence-electron chi connectivity index (χ2n) is 9.89. The lowest BCUT2D eigenvalue weighted by Crippen LogP contribution is -2.43. The average molecular weight is 558 g/mol. The molecule has 3 aromatic rings. The Hall–Kier alpha value is -4.23.